The zero-order chi connectivity index (χ0) is 22.2. The van der Waals surface area contributed by atoms with Crippen LogP contribution in [0.3, 0.4) is 0 Å². The molecule has 11 heteroatoms. The zero-order valence-corrected chi connectivity index (χ0v) is 16.5. The van der Waals surface area contributed by atoms with Crippen molar-refractivity contribution in [2.45, 2.75) is 25.9 Å². The highest BCUT2D eigenvalue weighted by molar-refractivity contribution is 5.93. The molecule has 156 valence electrons. The van der Waals surface area contributed by atoms with Crippen molar-refractivity contribution in [2.24, 2.45) is 0 Å². The molecule has 9 nitrogen and oxygen atoms in total. The largest absolute Gasteiger partial charge is 0.333 e. The van der Waals surface area contributed by atoms with Crippen molar-refractivity contribution in [2.75, 3.05) is 0 Å². The standard InChI is InChI=1S/C20H16F2N8O/c1-20(2,10-23)29-18(31)14-5-3-4-13(26-14)11-6-15-17(24-7-11)28-16(27-15)12-8-25-30(9-12)19(21)22/h3-9,19H,1-2H3,(H,29,31)(H,24,27,28). The fourth-order valence-corrected chi connectivity index (χ4v) is 2.84. The Morgan fingerprint density at radius 3 is 2.77 bits per heavy atom. The number of fused-ring (bicyclic) bond motifs is 1. The van der Waals surface area contributed by atoms with Crippen molar-refractivity contribution in [3.8, 4) is 28.7 Å². The summed E-state index contributed by atoms with van der Waals surface area (Å²) >= 11 is 0. The van der Waals surface area contributed by atoms with Crippen molar-refractivity contribution >= 4 is 17.1 Å². The Kier molecular flexibility index (Phi) is 4.90. The average Bonchev–Trinajstić information content (AvgIpc) is 3.40. The molecule has 1 amide bonds. The van der Waals surface area contributed by atoms with E-state index in [2.05, 4.69) is 30.4 Å². The molecule has 31 heavy (non-hydrogen) atoms. The number of hydrogen-bond acceptors (Lipinski definition) is 6. The predicted octanol–water partition coefficient (Wildman–Crippen LogP) is 3.31. The number of halogens is 2. The lowest BCUT2D eigenvalue weighted by molar-refractivity contribution is 0.0566. The van der Waals surface area contributed by atoms with Gasteiger partial charge in [0, 0.05) is 18.0 Å². The SMILES string of the molecule is CC(C)(C#N)NC(=O)c1cccc(-c2cnc3[nH]c(-c4cnn(C(F)F)c4)nc3c2)n1. The molecule has 0 aliphatic rings. The van der Waals surface area contributed by atoms with Crippen LogP contribution in [0.4, 0.5) is 8.78 Å². The van der Waals surface area contributed by atoms with Crippen LogP contribution >= 0.6 is 0 Å². The van der Waals surface area contributed by atoms with Crippen molar-refractivity contribution in [3.63, 3.8) is 0 Å². The molecular weight excluding hydrogens is 406 g/mol. The van der Waals surface area contributed by atoms with Crippen LogP contribution in [0.25, 0.3) is 33.8 Å². The van der Waals surface area contributed by atoms with Gasteiger partial charge in [-0.05, 0) is 32.0 Å². The van der Waals surface area contributed by atoms with Crippen molar-refractivity contribution in [3.05, 3.63) is 48.5 Å². The topological polar surface area (TPSA) is 125 Å². The number of carbonyl (C=O) groups excluding carboxylic acids is 1. The van der Waals surface area contributed by atoms with Gasteiger partial charge in [0.15, 0.2) is 5.65 Å². The highest BCUT2D eigenvalue weighted by Gasteiger charge is 2.21. The van der Waals surface area contributed by atoms with E-state index in [1.807, 2.05) is 6.07 Å². The monoisotopic (exact) mass is 422 g/mol. The van der Waals surface area contributed by atoms with Crippen LogP contribution in [-0.4, -0.2) is 41.2 Å². The molecule has 0 saturated carbocycles. The summed E-state index contributed by atoms with van der Waals surface area (Å²) in [5, 5.41) is 15.3. The van der Waals surface area contributed by atoms with Crippen LogP contribution in [0.1, 0.15) is 30.9 Å². The fourth-order valence-electron chi connectivity index (χ4n) is 2.84. The maximum absolute atomic E-state index is 12.7. The molecule has 4 aromatic heterocycles. The van der Waals surface area contributed by atoms with Gasteiger partial charge in [-0.25, -0.2) is 19.6 Å². The molecular formula is C20H16F2N8O. The lowest BCUT2D eigenvalue weighted by atomic mass is 10.1. The molecule has 0 aliphatic heterocycles. The quantitative estimate of drug-likeness (QED) is 0.508. The number of nitriles is 1. The maximum Gasteiger partial charge on any atom is 0.333 e. The number of nitrogens with one attached hydrogen (secondary N) is 2. The number of aromatic amines is 1. The van der Waals surface area contributed by atoms with E-state index in [4.69, 9.17) is 5.26 Å². The number of amides is 1. The first-order chi connectivity index (χ1) is 14.8. The summed E-state index contributed by atoms with van der Waals surface area (Å²) in [6.45, 7) is 0.441. The number of nitrogens with zero attached hydrogens (tertiary/aromatic N) is 6. The summed E-state index contributed by atoms with van der Waals surface area (Å²) in [7, 11) is 0. The van der Waals surface area contributed by atoms with Gasteiger partial charge in [0.2, 0.25) is 0 Å². The van der Waals surface area contributed by atoms with E-state index in [9.17, 15) is 13.6 Å². The number of carbonyl (C=O) groups is 1. The molecule has 0 spiro atoms. The minimum absolute atomic E-state index is 0.156. The lowest BCUT2D eigenvalue weighted by Gasteiger charge is -2.17. The van der Waals surface area contributed by atoms with E-state index in [-0.39, 0.29) is 5.69 Å². The van der Waals surface area contributed by atoms with Crippen LogP contribution in [0.5, 0.6) is 0 Å². The molecule has 4 heterocycles. The number of pyridine rings is 2. The number of imidazole rings is 1. The summed E-state index contributed by atoms with van der Waals surface area (Å²) < 4.78 is 26.0. The highest BCUT2D eigenvalue weighted by Crippen LogP contribution is 2.24. The smallest absolute Gasteiger partial charge is 0.333 e. The summed E-state index contributed by atoms with van der Waals surface area (Å²) in [5.41, 5.74) is 1.60. The Balaban J connectivity index is 1.64. The third kappa shape index (κ3) is 4.09. The number of aromatic nitrogens is 6. The van der Waals surface area contributed by atoms with Gasteiger partial charge in [-0.2, -0.15) is 19.1 Å². The lowest BCUT2D eigenvalue weighted by Crippen LogP contribution is -2.42. The second-order valence-corrected chi connectivity index (χ2v) is 7.26. The minimum atomic E-state index is -2.74. The van der Waals surface area contributed by atoms with Crippen LogP contribution in [0.2, 0.25) is 0 Å². The van der Waals surface area contributed by atoms with Crippen molar-refractivity contribution in [1.82, 2.24) is 35.0 Å². The van der Waals surface area contributed by atoms with Gasteiger partial charge in [0.05, 0.1) is 23.5 Å². The number of H-pyrrole nitrogens is 1. The normalized spacial score (nSPS) is 11.6. The van der Waals surface area contributed by atoms with E-state index in [0.717, 1.165) is 0 Å². The van der Waals surface area contributed by atoms with Gasteiger partial charge < -0.3 is 10.3 Å². The summed E-state index contributed by atoms with van der Waals surface area (Å²) in [6, 6.07) is 8.67. The molecule has 0 fully saturated rings. The Hall–Kier alpha value is -4.20. The average molecular weight is 422 g/mol. The molecule has 0 atom stereocenters. The molecule has 2 N–H and O–H groups in total. The third-order valence-electron chi connectivity index (χ3n) is 4.39. The molecule has 4 aromatic rings. The second-order valence-electron chi connectivity index (χ2n) is 7.26. The molecule has 0 aliphatic carbocycles. The zero-order valence-electron chi connectivity index (χ0n) is 16.5. The minimum Gasteiger partial charge on any atom is -0.333 e. The number of rotatable bonds is 5. The maximum atomic E-state index is 12.7. The summed E-state index contributed by atoms with van der Waals surface area (Å²) in [5.74, 6) is -0.119. The van der Waals surface area contributed by atoms with Crippen molar-refractivity contribution < 1.29 is 13.6 Å². The van der Waals surface area contributed by atoms with Crippen LogP contribution in [-0.2, 0) is 0 Å². The van der Waals surface area contributed by atoms with Gasteiger partial charge in [-0.3, -0.25) is 4.79 Å². The summed E-state index contributed by atoms with van der Waals surface area (Å²) in [6.07, 6.45) is 4.04. The summed E-state index contributed by atoms with van der Waals surface area (Å²) in [4.78, 5) is 28.5. The number of hydrogen-bond donors (Lipinski definition) is 2. The van der Waals surface area contributed by atoms with E-state index in [1.165, 1.54) is 12.4 Å². The highest BCUT2D eigenvalue weighted by atomic mass is 19.3. The first kappa shape index (κ1) is 20.1. The molecule has 0 saturated heterocycles. The van der Waals surface area contributed by atoms with Crippen LogP contribution in [0.15, 0.2) is 42.9 Å². The number of alkyl halides is 2. The van der Waals surface area contributed by atoms with Gasteiger partial charge in [-0.15, -0.1) is 0 Å². The van der Waals surface area contributed by atoms with Crippen molar-refractivity contribution in [1.29, 1.82) is 5.26 Å². The van der Waals surface area contributed by atoms with E-state index in [1.54, 1.807) is 44.3 Å². The van der Waals surface area contributed by atoms with E-state index in [0.29, 0.717) is 38.5 Å². The molecule has 4 rings (SSSR count). The van der Waals surface area contributed by atoms with E-state index < -0.39 is 18.0 Å². The Labute approximate surface area is 174 Å². The Morgan fingerprint density at radius 1 is 1.26 bits per heavy atom. The molecule has 0 unspecified atom stereocenters. The molecule has 0 aromatic carbocycles. The van der Waals surface area contributed by atoms with Gasteiger partial charge >= 0.3 is 6.55 Å². The van der Waals surface area contributed by atoms with E-state index >= 15 is 0 Å². The predicted molar refractivity (Wildman–Crippen MR) is 107 cm³/mol. The Morgan fingerprint density at radius 2 is 2.06 bits per heavy atom. The van der Waals surface area contributed by atoms with Gasteiger partial charge in [0.25, 0.3) is 5.91 Å². The molecule has 0 radical (unpaired) electrons. The van der Waals surface area contributed by atoms with Crippen LogP contribution in [0, 0.1) is 11.3 Å². The van der Waals surface area contributed by atoms with Gasteiger partial charge in [-0.1, -0.05) is 6.07 Å². The first-order valence-corrected chi connectivity index (χ1v) is 9.15. The van der Waals surface area contributed by atoms with Gasteiger partial charge in [0.1, 0.15) is 22.6 Å². The second kappa shape index (κ2) is 7.56. The van der Waals surface area contributed by atoms with Crippen LogP contribution < -0.4 is 5.32 Å². The molecule has 0 bridgehead atoms. The fraction of sp³-hybridized carbons (Fsp3) is 0.200. The Bertz CT molecular complexity index is 1320. The third-order valence-corrected chi connectivity index (χ3v) is 4.39. The first-order valence-electron chi connectivity index (χ1n) is 9.15.